The third kappa shape index (κ3) is 5.17. The average Bonchev–Trinajstić information content (AvgIpc) is 3.28. The number of H-pyrrole nitrogens is 2. The van der Waals surface area contributed by atoms with E-state index in [-0.39, 0.29) is 21.8 Å². The highest BCUT2D eigenvalue weighted by Gasteiger charge is 2.07. The first-order chi connectivity index (χ1) is 17.0. The summed E-state index contributed by atoms with van der Waals surface area (Å²) < 4.78 is 1.18. The minimum absolute atomic E-state index is 0.236. The number of hydrogen-bond donors (Lipinski definition) is 2. The molecule has 0 saturated carbocycles. The summed E-state index contributed by atoms with van der Waals surface area (Å²) in [6, 6.07) is 22.3. The van der Waals surface area contributed by atoms with Crippen LogP contribution in [-0.2, 0) is 0 Å². The number of hydrogen-bond acceptors (Lipinski definition) is 5. The van der Waals surface area contributed by atoms with Gasteiger partial charge in [0.1, 0.15) is 10.7 Å². The van der Waals surface area contributed by atoms with Crippen molar-refractivity contribution >= 4 is 56.8 Å². The molecular formula is C28H25N3O2S2. The Morgan fingerprint density at radius 3 is 2.06 bits per heavy atom. The van der Waals surface area contributed by atoms with Gasteiger partial charge in [0.2, 0.25) is 0 Å². The lowest BCUT2D eigenvalue weighted by Crippen LogP contribution is -2.46. The van der Waals surface area contributed by atoms with E-state index in [1.165, 1.54) is 4.21 Å². The SMILES string of the molecule is CN(C)CCSc1ccc(C=c2[nH]c(=O)c(=Cc3c4ccccc4cc4ccccc34)[nH]c2=O)s1. The Hall–Kier alpha value is -3.39. The van der Waals surface area contributed by atoms with Gasteiger partial charge in [0, 0.05) is 17.2 Å². The van der Waals surface area contributed by atoms with E-state index in [9.17, 15) is 9.59 Å². The van der Waals surface area contributed by atoms with Crippen LogP contribution in [0.3, 0.4) is 0 Å². The van der Waals surface area contributed by atoms with E-state index in [0.717, 1.165) is 44.3 Å². The number of aromatic nitrogens is 2. The van der Waals surface area contributed by atoms with Crippen molar-refractivity contribution in [1.82, 2.24) is 14.9 Å². The number of thiophene rings is 1. The molecule has 0 aliphatic heterocycles. The van der Waals surface area contributed by atoms with Crippen molar-refractivity contribution in [3.63, 3.8) is 0 Å². The second kappa shape index (κ2) is 10.1. The fourth-order valence-corrected chi connectivity index (χ4v) is 6.28. The third-order valence-corrected chi connectivity index (χ3v) is 8.00. The summed E-state index contributed by atoms with van der Waals surface area (Å²) >= 11 is 3.40. The topological polar surface area (TPSA) is 69.0 Å². The molecule has 0 aliphatic carbocycles. The molecule has 2 heterocycles. The number of fused-ring (bicyclic) bond motifs is 2. The third-order valence-electron chi connectivity index (χ3n) is 5.76. The minimum atomic E-state index is -0.329. The number of aromatic amines is 2. The first-order valence-corrected chi connectivity index (χ1v) is 13.1. The van der Waals surface area contributed by atoms with E-state index in [2.05, 4.69) is 53.2 Å². The molecule has 0 unspecified atom stereocenters. The van der Waals surface area contributed by atoms with Crippen molar-refractivity contribution in [2.75, 3.05) is 26.4 Å². The second-order valence-electron chi connectivity index (χ2n) is 8.57. The van der Waals surface area contributed by atoms with Crippen LogP contribution in [0, 0.1) is 0 Å². The largest absolute Gasteiger partial charge is 0.316 e. The molecule has 0 radical (unpaired) electrons. The van der Waals surface area contributed by atoms with Gasteiger partial charge in [0.05, 0.1) is 4.21 Å². The van der Waals surface area contributed by atoms with Crippen molar-refractivity contribution < 1.29 is 0 Å². The van der Waals surface area contributed by atoms with Gasteiger partial charge >= 0.3 is 0 Å². The van der Waals surface area contributed by atoms with Crippen molar-refractivity contribution in [2.45, 2.75) is 4.21 Å². The number of nitrogens with one attached hydrogen (secondary N) is 2. The Bertz CT molecular complexity index is 1710. The van der Waals surface area contributed by atoms with Gasteiger partial charge in [0.25, 0.3) is 11.1 Å². The van der Waals surface area contributed by atoms with E-state index in [1.807, 2.05) is 42.5 Å². The Labute approximate surface area is 210 Å². The molecule has 0 bridgehead atoms. The number of rotatable bonds is 6. The molecule has 0 spiro atoms. The Kier molecular flexibility index (Phi) is 6.72. The van der Waals surface area contributed by atoms with E-state index in [0.29, 0.717) is 0 Å². The van der Waals surface area contributed by atoms with E-state index >= 15 is 0 Å². The molecule has 3 aromatic carbocycles. The molecule has 7 heteroatoms. The van der Waals surface area contributed by atoms with Crippen LogP contribution < -0.4 is 21.8 Å². The summed E-state index contributed by atoms with van der Waals surface area (Å²) in [5.74, 6) is 0.998. The second-order valence-corrected chi connectivity index (χ2v) is 11.1. The standard InChI is InChI=1S/C28H25N3O2S2/c1-31(2)13-14-34-26-12-11-20(35-26)16-24-27(32)30-25(28(33)29-24)17-23-21-9-5-3-7-18(21)15-19-8-4-6-10-22(19)23/h3-12,15-17H,13-14H2,1-2H3,(H,29,33)(H,30,32). The summed E-state index contributed by atoms with van der Waals surface area (Å²) in [7, 11) is 4.11. The van der Waals surface area contributed by atoms with Gasteiger partial charge in [-0.1, -0.05) is 48.5 Å². The van der Waals surface area contributed by atoms with Crippen LogP contribution in [0.15, 0.2) is 80.5 Å². The zero-order chi connectivity index (χ0) is 24.4. The van der Waals surface area contributed by atoms with Crippen LogP contribution in [0.25, 0.3) is 33.7 Å². The number of benzene rings is 3. The van der Waals surface area contributed by atoms with Crippen LogP contribution >= 0.6 is 23.1 Å². The molecule has 0 saturated heterocycles. The fourth-order valence-electron chi connectivity index (χ4n) is 4.01. The van der Waals surface area contributed by atoms with E-state index in [4.69, 9.17) is 0 Å². The number of thioether (sulfide) groups is 1. The molecule has 0 fully saturated rings. The smallest absolute Gasteiger partial charge is 0.272 e. The Balaban J connectivity index is 1.57. The summed E-state index contributed by atoms with van der Waals surface area (Å²) in [5, 5.41) is 4.71. The molecule has 5 aromatic rings. The Morgan fingerprint density at radius 1 is 0.829 bits per heavy atom. The lowest BCUT2D eigenvalue weighted by molar-refractivity contribution is 0.437. The molecule has 176 valence electrons. The van der Waals surface area contributed by atoms with Gasteiger partial charge in [-0.15, -0.1) is 23.1 Å². The van der Waals surface area contributed by atoms with Gasteiger partial charge in [-0.2, -0.15) is 0 Å². The number of nitrogens with zero attached hydrogens (tertiary/aromatic N) is 1. The zero-order valence-electron chi connectivity index (χ0n) is 19.5. The maximum Gasteiger partial charge on any atom is 0.272 e. The zero-order valence-corrected chi connectivity index (χ0v) is 21.1. The van der Waals surface area contributed by atoms with Crippen molar-refractivity contribution in [3.05, 3.63) is 109 Å². The van der Waals surface area contributed by atoms with Gasteiger partial charge in [0.15, 0.2) is 0 Å². The van der Waals surface area contributed by atoms with Gasteiger partial charge in [-0.3, -0.25) is 9.59 Å². The van der Waals surface area contributed by atoms with E-state index < -0.39 is 0 Å². The fraction of sp³-hybridized carbons (Fsp3) is 0.143. The molecule has 2 N–H and O–H groups in total. The molecule has 5 nitrogen and oxygen atoms in total. The van der Waals surface area contributed by atoms with Crippen LogP contribution in [0.5, 0.6) is 0 Å². The predicted molar refractivity (Wildman–Crippen MR) is 149 cm³/mol. The van der Waals surface area contributed by atoms with E-state index in [1.54, 1.807) is 35.3 Å². The van der Waals surface area contributed by atoms with Crippen LogP contribution in [-0.4, -0.2) is 41.3 Å². The maximum atomic E-state index is 13.0. The monoisotopic (exact) mass is 499 g/mol. The van der Waals surface area contributed by atoms with Crippen molar-refractivity contribution in [3.8, 4) is 0 Å². The molecule has 5 rings (SSSR count). The van der Waals surface area contributed by atoms with Crippen LogP contribution in [0.4, 0.5) is 0 Å². The molecule has 0 amide bonds. The predicted octanol–water partition coefficient (Wildman–Crippen LogP) is 3.74. The molecule has 0 aliphatic rings. The first-order valence-electron chi connectivity index (χ1n) is 11.3. The lowest BCUT2D eigenvalue weighted by atomic mass is 9.96. The molecule has 35 heavy (non-hydrogen) atoms. The Morgan fingerprint density at radius 2 is 1.43 bits per heavy atom. The summed E-state index contributed by atoms with van der Waals surface area (Å²) in [6.07, 6.45) is 3.51. The normalized spacial score (nSPS) is 12.9. The average molecular weight is 500 g/mol. The highest BCUT2D eigenvalue weighted by Crippen LogP contribution is 2.29. The lowest BCUT2D eigenvalue weighted by Gasteiger charge is -2.08. The van der Waals surface area contributed by atoms with Crippen LogP contribution in [0.1, 0.15) is 10.4 Å². The van der Waals surface area contributed by atoms with Crippen molar-refractivity contribution in [2.24, 2.45) is 0 Å². The quantitative estimate of drug-likeness (QED) is 0.276. The minimum Gasteiger partial charge on any atom is -0.316 e. The molecular weight excluding hydrogens is 474 g/mol. The van der Waals surface area contributed by atoms with Gasteiger partial charge in [-0.25, -0.2) is 0 Å². The van der Waals surface area contributed by atoms with Gasteiger partial charge < -0.3 is 14.9 Å². The van der Waals surface area contributed by atoms with Crippen molar-refractivity contribution in [1.29, 1.82) is 0 Å². The highest BCUT2D eigenvalue weighted by atomic mass is 32.2. The molecule has 0 atom stereocenters. The summed E-state index contributed by atoms with van der Waals surface area (Å²) in [6.45, 7) is 0.999. The summed E-state index contributed by atoms with van der Waals surface area (Å²) in [5.41, 5.74) is 0.259. The summed E-state index contributed by atoms with van der Waals surface area (Å²) in [4.78, 5) is 34.5. The first kappa shape index (κ1) is 23.4. The highest BCUT2D eigenvalue weighted by molar-refractivity contribution is 8.01. The van der Waals surface area contributed by atoms with Crippen LogP contribution in [0.2, 0.25) is 0 Å². The maximum absolute atomic E-state index is 13.0. The van der Waals surface area contributed by atoms with Gasteiger partial charge in [-0.05, 0) is 71.6 Å². The molecule has 2 aromatic heterocycles.